The molecule has 0 radical (unpaired) electrons. The van der Waals surface area contributed by atoms with Gasteiger partial charge in [0.15, 0.2) is 0 Å². The summed E-state index contributed by atoms with van der Waals surface area (Å²) in [6.45, 7) is 10.1. The smallest absolute Gasteiger partial charge is 0.0897 e. The maximum Gasteiger partial charge on any atom is 0.0897 e. The SMILES string of the molecule is CCNCC1CCCN(Cc2cnc(C)s2)C1. The standard InChI is InChI=1S/C13H23N3S/c1-3-14-7-12-5-4-6-16(9-12)10-13-8-15-11(2)17-13/h8,12,14H,3-7,9-10H2,1-2H3. The van der Waals surface area contributed by atoms with Gasteiger partial charge in [-0.3, -0.25) is 4.90 Å². The van der Waals surface area contributed by atoms with Gasteiger partial charge in [-0.2, -0.15) is 0 Å². The average Bonchev–Trinajstić information content (AvgIpc) is 2.73. The fourth-order valence-electron chi connectivity index (χ4n) is 2.51. The topological polar surface area (TPSA) is 28.2 Å². The highest BCUT2D eigenvalue weighted by Gasteiger charge is 2.19. The van der Waals surface area contributed by atoms with E-state index in [2.05, 4.69) is 29.0 Å². The molecule has 4 heteroatoms. The van der Waals surface area contributed by atoms with Crippen LogP contribution in [0.3, 0.4) is 0 Å². The number of piperidine rings is 1. The molecule has 2 rings (SSSR count). The van der Waals surface area contributed by atoms with Crippen molar-refractivity contribution in [2.24, 2.45) is 5.92 Å². The number of nitrogens with one attached hydrogen (secondary N) is 1. The Labute approximate surface area is 108 Å². The minimum atomic E-state index is 0.831. The fraction of sp³-hybridized carbons (Fsp3) is 0.769. The van der Waals surface area contributed by atoms with E-state index in [0.29, 0.717) is 0 Å². The summed E-state index contributed by atoms with van der Waals surface area (Å²) in [5.41, 5.74) is 0. The Bertz CT molecular complexity index is 337. The van der Waals surface area contributed by atoms with Crippen molar-refractivity contribution < 1.29 is 0 Å². The Morgan fingerprint density at radius 2 is 2.47 bits per heavy atom. The van der Waals surface area contributed by atoms with Gasteiger partial charge in [-0.15, -0.1) is 11.3 Å². The highest BCUT2D eigenvalue weighted by molar-refractivity contribution is 7.11. The maximum atomic E-state index is 4.33. The Balaban J connectivity index is 1.80. The number of aromatic nitrogens is 1. The Morgan fingerprint density at radius 1 is 1.59 bits per heavy atom. The van der Waals surface area contributed by atoms with Crippen molar-refractivity contribution in [3.05, 3.63) is 16.1 Å². The lowest BCUT2D eigenvalue weighted by Crippen LogP contribution is -2.39. The van der Waals surface area contributed by atoms with Crippen molar-refractivity contribution in [3.8, 4) is 0 Å². The lowest BCUT2D eigenvalue weighted by atomic mass is 9.98. The van der Waals surface area contributed by atoms with E-state index in [4.69, 9.17) is 0 Å². The average molecular weight is 253 g/mol. The number of hydrogen-bond acceptors (Lipinski definition) is 4. The van der Waals surface area contributed by atoms with E-state index in [9.17, 15) is 0 Å². The molecule has 1 N–H and O–H groups in total. The molecule has 1 saturated heterocycles. The summed E-state index contributed by atoms with van der Waals surface area (Å²) in [6, 6.07) is 0. The van der Waals surface area contributed by atoms with Gasteiger partial charge in [0, 0.05) is 24.2 Å². The lowest BCUT2D eigenvalue weighted by Gasteiger charge is -2.32. The molecule has 1 unspecified atom stereocenters. The molecule has 0 aromatic carbocycles. The Morgan fingerprint density at radius 3 is 3.18 bits per heavy atom. The number of hydrogen-bond donors (Lipinski definition) is 1. The Hall–Kier alpha value is -0.450. The third kappa shape index (κ3) is 4.05. The first-order chi connectivity index (χ1) is 8.28. The molecule has 0 aliphatic carbocycles. The molecule has 1 atom stereocenters. The monoisotopic (exact) mass is 253 g/mol. The van der Waals surface area contributed by atoms with Crippen LogP contribution in [0.15, 0.2) is 6.20 Å². The van der Waals surface area contributed by atoms with E-state index in [1.54, 1.807) is 0 Å². The van der Waals surface area contributed by atoms with Crippen LogP contribution < -0.4 is 5.32 Å². The predicted octanol–water partition coefficient (Wildman–Crippen LogP) is 2.27. The molecule has 17 heavy (non-hydrogen) atoms. The first-order valence-corrected chi connectivity index (χ1v) is 7.44. The largest absolute Gasteiger partial charge is 0.317 e. The summed E-state index contributed by atoms with van der Waals surface area (Å²) in [7, 11) is 0. The third-order valence-corrected chi connectivity index (χ3v) is 4.23. The van der Waals surface area contributed by atoms with Gasteiger partial charge in [0.25, 0.3) is 0 Å². The van der Waals surface area contributed by atoms with Crippen molar-refractivity contribution in [1.29, 1.82) is 0 Å². The van der Waals surface area contributed by atoms with Crippen molar-refractivity contribution >= 4 is 11.3 Å². The molecule has 1 aliphatic heterocycles. The van der Waals surface area contributed by atoms with Crippen LogP contribution in [0.1, 0.15) is 29.7 Å². The van der Waals surface area contributed by atoms with Crippen LogP contribution in [0.2, 0.25) is 0 Å². The van der Waals surface area contributed by atoms with Gasteiger partial charge in [-0.05, 0) is 45.3 Å². The highest BCUT2D eigenvalue weighted by atomic mass is 32.1. The van der Waals surface area contributed by atoms with Crippen LogP contribution in [0.5, 0.6) is 0 Å². The number of nitrogens with zero attached hydrogens (tertiary/aromatic N) is 2. The number of aryl methyl sites for hydroxylation is 1. The molecule has 0 saturated carbocycles. The molecule has 96 valence electrons. The first-order valence-electron chi connectivity index (χ1n) is 6.62. The van der Waals surface area contributed by atoms with Crippen molar-refractivity contribution in [2.75, 3.05) is 26.2 Å². The summed E-state index contributed by atoms with van der Waals surface area (Å²) < 4.78 is 0. The molecule has 1 fully saturated rings. The van der Waals surface area contributed by atoms with Gasteiger partial charge in [-0.25, -0.2) is 4.98 Å². The van der Waals surface area contributed by atoms with Crippen LogP contribution in [-0.4, -0.2) is 36.1 Å². The van der Waals surface area contributed by atoms with Crippen molar-refractivity contribution in [2.45, 2.75) is 33.2 Å². The normalized spacial score (nSPS) is 21.9. The zero-order chi connectivity index (χ0) is 12.1. The number of thiazole rings is 1. The Kier molecular flexibility index (Phi) is 4.95. The summed E-state index contributed by atoms with van der Waals surface area (Å²) in [5.74, 6) is 0.831. The molecule has 1 aliphatic rings. The van der Waals surface area contributed by atoms with Crippen LogP contribution in [0.4, 0.5) is 0 Å². The number of rotatable bonds is 5. The quantitative estimate of drug-likeness (QED) is 0.872. The third-order valence-electron chi connectivity index (χ3n) is 3.33. The fourth-order valence-corrected chi connectivity index (χ4v) is 3.35. The molecule has 1 aromatic rings. The van der Waals surface area contributed by atoms with E-state index in [1.165, 1.54) is 42.4 Å². The van der Waals surface area contributed by atoms with E-state index in [1.807, 2.05) is 17.5 Å². The van der Waals surface area contributed by atoms with Gasteiger partial charge >= 0.3 is 0 Å². The number of likely N-dealkylation sites (tertiary alicyclic amines) is 1. The molecular weight excluding hydrogens is 230 g/mol. The maximum absolute atomic E-state index is 4.33. The van der Waals surface area contributed by atoms with Gasteiger partial charge < -0.3 is 5.32 Å². The molecule has 0 bridgehead atoms. The zero-order valence-corrected chi connectivity index (χ0v) is 11.7. The molecular formula is C13H23N3S. The minimum absolute atomic E-state index is 0.831. The minimum Gasteiger partial charge on any atom is -0.317 e. The summed E-state index contributed by atoms with van der Waals surface area (Å²) in [4.78, 5) is 8.32. The zero-order valence-electron chi connectivity index (χ0n) is 10.9. The molecule has 0 amide bonds. The summed E-state index contributed by atoms with van der Waals surface area (Å²) >= 11 is 1.83. The molecule has 0 spiro atoms. The van der Waals surface area contributed by atoms with Crippen molar-refractivity contribution in [3.63, 3.8) is 0 Å². The van der Waals surface area contributed by atoms with Gasteiger partial charge in [-0.1, -0.05) is 6.92 Å². The van der Waals surface area contributed by atoms with E-state index >= 15 is 0 Å². The predicted molar refractivity (Wildman–Crippen MR) is 73.4 cm³/mol. The molecule has 1 aromatic heterocycles. The lowest BCUT2D eigenvalue weighted by molar-refractivity contribution is 0.167. The summed E-state index contributed by atoms with van der Waals surface area (Å²) in [6.07, 6.45) is 4.76. The van der Waals surface area contributed by atoms with Gasteiger partial charge in [0.2, 0.25) is 0 Å². The van der Waals surface area contributed by atoms with Gasteiger partial charge in [0.05, 0.1) is 5.01 Å². The van der Waals surface area contributed by atoms with E-state index < -0.39 is 0 Å². The van der Waals surface area contributed by atoms with Crippen LogP contribution in [0.25, 0.3) is 0 Å². The molecule has 2 heterocycles. The van der Waals surface area contributed by atoms with Gasteiger partial charge in [0.1, 0.15) is 0 Å². The second kappa shape index (κ2) is 6.47. The summed E-state index contributed by atoms with van der Waals surface area (Å²) in [5, 5.41) is 4.65. The van der Waals surface area contributed by atoms with Crippen molar-refractivity contribution in [1.82, 2.24) is 15.2 Å². The first kappa shape index (κ1) is 13.0. The van der Waals surface area contributed by atoms with Crippen LogP contribution in [-0.2, 0) is 6.54 Å². The van der Waals surface area contributed by atoms with Crippen LogP contribution >= 0.6 is 11.3 Å². The van der Waals surface area contributed by atoms with E-state index in [-0.39, 0.29) is 0 Å². The second-order valence-corrected chi connectivity index (χ2v) is 6.22. The highest BCUT2D eigenvalue weighted by Crippen LogP contribution is 2.20. The second-order valence-electron chi connectivity index (χ2n) is 4.90. The molecule has 3 nitrogen and oxygen atoms in total. The van der Waals surface area contributed by atoms with E-state index in [0.717, 1.165) is 19.0 Å². The van der Waals surface area contributed by atoms with Crippen LogP contribution in [0, 0.1) is 12.8 Å².